The van der Waals surface area contributed by atoms with E-state index in [-0.39, 0.29) is 4.90 Å². The van der Waals surface area contributed by atoms with Gasteiger partial charge in [-0.25, -0.2) is 13.6 Å². The average Bonchev–Trinajstić information content (AvgIpc) is 2.87. The summed E-state index contributed by atoms with van der Waals surface area (Å²) in [7, 11) is -3.64. The van der Waals surface area contributed by atoms with Crippen molar-refractivity contribution in [2.75, 3.05) is 5.32 Å². The monoisotopic (exact) mass is 213 g/mol. The van der Waals surface area contributed by atoms with Crippen molar-refractivity contribution < 1.29 is 8.42 Å². The summed E-state index contributed by atoms with van der Waals surface area (Å²) in [5, 5.41) is 8.12. The van der Waals surface area contributed by atoms with Gasteiger partial charge in [-0.3, -0.25) is 4.98 Å². The Morgan fingerprint density at radius 3 is 2.71 bits per heavy atom. The summed E-state index contributed by atoms with van der Waals surface area (Å²) in [5.74, 6) is 0. The number of sulfonamides is 1. The number of nitrogens with two attached hydrogens (primary N) is 1. The summed E-state index contributed by atoms with van der Waals surface area (Å²) in [6.07, 6.45) is 5.08. The Balaban J connectivity index is 2.26. The van der Waals surface area contributed by atoms with Crippen LogP contribution < -0.4 is 10.5 Å². The highest BCUT2D eigenvalue weighted by Crippen LogP contribution is 2.24. The lowest BCUT2D eigenvalue weighted by atomic mass is 10.4. The van der Waals surface area contributed by atoms with Crippen molar-refractivity contribution in [3.05, 3.63) is 18.5 Å². The number of hydrogen-bond acceptors (Lipinski definition) is 4. The molecule has 1 saturated carbocycles. The second kappa shape index (κ2) is 3.21. The number of anilines is 1. The quantitative estimate of drug-likeness (QED) is 0.756. The molecule has 0 unspecified atom stereocenters. The van der Waals surface area contributed by atoms with Crippen LogP contribution in [0.2, 0.25) is 0 Å². The van der Waals surface area contributed by atoms with Crippen molar-refractivity contribution in [2.45, 2.75) is 23.8 Å². The maximum absolute atomic E-state index is 11.0. The second-order valence-electron chi connectivity index (χ2n) is 3.37. The lowest BCUT2D eigenvalue weighted by Crippen LogP contribution is -2.13. The summed E-state index contributed by atoms with van der Waals surface area (Å²) in [5.41, 5.74) is 0.707. The zero-order valence-electron chi connectivity index (χ0n) is 7.47. The Labute approximate surface area is 82.4 Å². The number of primary sulfonamides is 1. The van der Waals surface area contributed by atoms with Crippen molar-refractivity contribution >= 4 is 15.7 Å². The molecule has 3 N–H and O–H groups in total. The summed E-state index contributed by atoms with van der Waals surface area (Å²) in [6.45, 7) is 0. The fourth-order valence-electron chi connectivity index (χ4n) is 1.12. The van der Waals surface area contributed by atoms with Gasteiger partial charge in [0.2, 0.25) is 10.0 Å². The standard InChI is InChI=1S/C8H11N3O2S/c9-14(12,13)8-3-7(4-10-5-8)11-6-1-2-6/h3-6,11H,1-2H2,(H2,9,12,13). The van der Waals surface area contributed by atoms with Gasteiger partial charge >= 0.3 is 0 Å². The lowest BCUT2D eigenvalue weighted by molar-refractivity contribution is 0.597. The lowest BCUT2D eigenvalue weighted by Gasteiger charge is -2.04. The first-order valence-electron chi connectivity index (χ1n) is 4.30. The van der Waals surface area contributed by atoms with Gasteiger partial charge in [0.25, 0.3) is 0 Å². The van der Waals surface area contributed by atoms with Gasteiger partial charge in [-0.1, -0.05) is 0 Å². The molecule has 1 aliphatic carbocycles. The fraction of sp³-hybridized carbons (Fsp3) is 0.375. The van der Waals surface area contributed by atoms with E-state index in [0.29, 0.717) is 11.7 Å². The molecule has 76 valence electrons. The van der Waals surface area contributed by atoms with Crippen LogP contribution in [0.15, 0.2) is 23.4 Å². The molecule has 1 aliphatic rings. The molecule has 1 aromatic heterocycles. The molecule has 0 bridgehead atoms. The number of rotatable bonds is 3. The van der Waals surface area contributed by atoms with Crippen LogP contribution in [0.5, 0.6) is 0 Å². The normalized spacial score (nSPS) is 16.6. The first kappa shape index (κ1) is 9.42. The third-order valence-corrected chi connectivity index (χ3v) is 2.87. The van der Waals surface area contributed by atoms with E-state index in [9.17, 15) is 8.42 Å². The second-order valence-corrected chi connectivity index (χ2v) is 4.93. The highest BCUT2D eigenvalue weighted by molar-refractivity contribution is 7.89. The van der Waals surface area contributed by atoms with Crippen LogP contribution >= 0.6 is 0 Å². The van der Waals surface area contributed by atoms with E-state index in [1.807, 2.05) is 0 Å². The van der Waals surface area contributed by atoms with Crippen molar-refractivity contribution in [3.63, 3.8) is 0 Å². The molecule has 6 heteroatoms. The fourth-order valence-corrected chi connectivity index (χ4v) is 1.62. The summed E-state index contributed by atoms with van der Waals surface area (Å²) < 4.78 is 22.0. The van der Waals surface area contributed by atoms with Crippen molar-refractivity contribution in [3.8, 4) is 0 Å². The van der Waals surface area contributed by atoms with Crippen molar-refractivity contribution in [2.24, 2.45) is 5.14 Å². The predicted octanol–water partition coefficient (Wildman–Crippen LogP) is 0.303. The van der Waals surface area contributed by atoms with E-state index in [4.69, 9.17) is 5.14 Å². The smallest absolute Gasteiger partial charge is 0.239 e. The zero-order valence-corrected chi connectivity index (χ0v) is 8.29. The summed E-state index contributed by atoms with van der Waals surface area (Å²) in [4.78, 5) is 3.85. The Bertz CT molecular complexity index is 440. The third kappa shape index (κ3) is 2.21. The SMILES string of the molecule is NS(=O)(=O)c1cncc(NC2CC2)c1. The highest BCUT2D eigenvalue weighted by Gasteiger charge is 2.21. The average molecular weight is 213 g/mol. The van der Waals surface area contributed by atoms with Crippen LogP contribution in [0, 0.1) is 0 Å². The molecule has 0 spiro atoms. The van der Waals surface area contributed by atoms with Crippen LogP contribution in [-0.2, 0) is 10.0 Å². The zero-order chi connectivity index (χ0) is 10.2. The minimum absolute atomic E-state index is 0.0446. The minimum atomic E-state index is -3.64. The first-order valence-corrected chi connectivity index (χ1v) is 5.85. The van der Waals surface area contributed by atoms with Crippen LogP contribution in [0.25, 0.3) is 0 Å². The Kier molecular flexibility index (Phi) is 2.16. The number of aromatic nitrogens is 1. The van der Waals surface area contributed by atoms with E-state index in [1.54, 1.807) is 6.20 Å². The molecule has 5 nitrogen and oxygen atoms in total. The minimum Gasteiger partial charge on any atom is -0.381 e. The molecular weight excluding hydrogens is 202 g/mol. The van der Waals surface area contributed by atoms with E-state index < -0.39 is 10.0 Å². The highest BCUT2D eigenvalue weighted by atomic mass is 32.2. The number of hydrogen-bond donors (Lipinski definition) is 2. The van der Waals surface area contributed by atoms with Gasteiger partial charge in [0.1, 0.15) is 4.90 Å². The Morgan fingerprint density at radius 2 is 2.14 bits per heavy atom. The molecule has 14 heavy (non-hydrogen) atoms. The molecular formula is C8H11N3O2S. The van der Waals surface area contributed by atoms with Gasteiger partial charge in [0.05, 0.1) is 11.9 Å². The van der Waals surface area contributed by atoms with Crippen LogP contribution in [-0.4, -0.2) is 19.4 Å². The van der Waals surface area contributed by atoms with Crippen molar-refractivity contribution in [1.29, 1.82) is 0 Å². The maximum atomic E-state index is 11.0. The van der Waals surface area contributed by atoms with E-state index in [2.05, 4.69) is 10.3 Å². The van der Waals surface area contributed by atoms with Gasteiger partial charge in [-0.2, -0.15) is 0 Å². The van der Waals surface area contributed by atoms with E-state index in [0.717, 1.165) is 12.8 Å². The molecule has 1 fully saturated rings. The largest absolute Gasteiger partial charge is 0.381 e. The van der Waals surface area contributed by atoms with Crippen LogP contribution in [0.3, 0.4) is 0 Å². The molecule has 0 saturated heterocycles. The molecule has 0 amide bonds. The molecule has 0 aliphatic heterocycles. The molecule has 0 atom stereocenters. The van der Waals surface area contributed by atoms with E-state index in [1.165, 1.54) is 12.3 Å². The maximum Gasteiger partial charge on any atom is 0.239 e. The molecule has 0 aromatic carbocycles. The third-order valence-electron chi connectivity index (χ3n) is 1.99. The topological polar surface area (TPSA) is 85.1 Å². The number of nitrogens with zero attached hydrogens (tertiary/aromatic N) is 1. The van der Waals surface area contributed by atoms with Crippen LogP contribution in [0.4, 0.5) is 5.69 Å². The number of nitrogens with one attached hydrogen (secondary N) is 1. The van der Waals surface area contributed by atoms with Gasteiger partial charge in [0.15, 0.2) is 0 Å². The summed E-state index contributed by atoms with van der Waals surface area (Å²) >= 11 is 0. The summed E-state index contributed by atoms with van der Waals surface area (Å²) in [6, 6.07) is 1.97. The molecule has 1 aromatic rings. The Hall–Kier alpha value is -1.14. The Morgan fingerprint density at radius 1 is 1.43 bits per heavy atom. The number of pyridine rings is 1. The predicted molar refractivity (Wildman–Crippen MR) is 52.3 cm³/mol. The van der Waals surface area contributed by atoms with Gasteiger partial charge < -0.3 is 5.32 Å². The van der Waals surface area contributed by atoms with Gasteiger partial charge in [-0.15, -0.1) is 0 Å². The van der Waals surface area contributed by atoms with Gasteiger partial charge in [-0.05, 0) is 18.9 Å². The van der Waals surface area contributed by atoms with Crippen molar-refractivity contribution in [1.82, 2.24) is 4.98 Å². The van der Waals surface area contributed by atoms with E-state index >= 15 is 0 Å². The first-order chi connectivity index (χ1) is 6.55. The van der Waals surface area contributed by atoms with Crippen LogP contribution in [0.1, 0.15) is 12.8 Å². The van der Waals surface area contributed by atoms with Gasteiger partial charge in [0, 0.05) is 12.2 Å². The molecule has 0 radical (unpaired) electrons. The molecule has 1 heterocycles. The molecule has 2 rings (SSSR count).